The van der Waals surface area contributed by atoms with Gasteiger partial charge in [-0.05, 0) is 93.9 Å². The van der Waals surface area contributed by atoms with Gasteiger partial charge in [0.2, 0.25) is 23.4 Å². The van der Waals surface area contributed by atoms with Crippen molar-refractivity contribution >= 4 is 35.2 Å². The normalized spacial score (nSPS) is 13.9. The average Bonchev–Trinajstić information content (AvgIpc) is 2.81. The predicted octanol–water partition coefficient (Wildman–Crippen LogP) is 5.65. The Morgan fingerprint density at radius 3 is 0.635 bits per heavy atom. The molecule has 12 nitrogen and oxygen atoms in total. The van der Waals surface area contributed by atoms with Gasteiger partial charge < -0.3 is 31.5 Å². The molecule has 0 saturated heterocycles. The standard InChI is InChI=1S/2C10H21NO2.2C10H19NO2/c4*1-9(2,3)7(12)8(13)11-10(4,5)6/h2*7,12H,1-6H3,(H,11,13);2*1-6H3,(H,11,13). The highest BCUT2D eigenvalue weighted by Gasteiger charge is 2.33. The number of aliphatic hydroxyl groups excluding tert-OH is 2. The van der Waals surface area contributed by atoms with E-state index in [9.17, 15) is 39.0 Å². The van der Waals surface area contributed by atoms with Crippen molar-refractivity contribution in [3.05, 3.63) is 0 Å². The van der Waals surface area contributed by atoms with Crippen molar-refractivity contribution < 1.29 is 39.0 Å². The SMILES string of the molecule is CC(C)(C)NC(=O)C(=O)C(C)(C)C.CC(C)(C)NC(=O)C(=O)C(C)(C)C.CC(C)(C)NC(=O)C(O)C(C)(C)C.CC(C)(C)NC(=O)C(O)C(C)(C)C. The lowest BCUT2D eigenvalue weighted by Crippen LogP contribution is -2.49. The maximum absolute atomic E-state index is 11.4. The van der Waals surface area contributed by atoms with Crippen molar-refractivity contribution in [2.45, 2.75) is 201 Å². The van der Waals surface area contributed by atoms with E-state index in [1.165, 1.54) is 0 Å². The second-order valence-electron chi connectivity index (χ2n) is 21.6. The van der Waals surface area contributed by atoms with Crippen LogP contribution < -0.4 is 21.3 Å². The first-order chi connectivity index (χ1) is 22.2. The molecular weight excluding hydrogens is 664 g/mol. The Labute approximate surface area is 317 Å². The van der Waals surface area contributed by atoms with E-state index >= 15 is 0 Å². The molecule has 0 radical (unpaired) electrons. The Morgan fingerprint density at radius 2 is 0.519 bits per heavy atom. The first kappa shape index (κ1) is 55.9. The lowest BCUT2D eigenvalue weighted by molar-refractivity contribution is -0.143. The molecule has 52 heavy (non-hydrogen) atoms. The summed E-state index contributed by atoms with van der Waals surface area (Å²) in [6.45, 7) is 43.8. The molecule has 0 fully saturated rings. The Morgan fingerprint density at radius 1 is 0.346 bits per heavy atom. The van der Waals surface area contributed by atoms with Crippen LogP contribution in [0.5, 0.6) is 0 Å². The Balaban J connectivity index is -0.000000295. The van der Waals surface area contributed by atoms with E-state index in [1.54, 1.807) is 41.5 Å². The van der Waals surface area contributed by atoms with Crippen LogP contribution in [0.15, 0.2) is 0 Å². The van der Waals surface area contributed by atoms with Gasteiger partial charge in [-0.2, -0.15) is 0 Å². The molecule has 0 spiro atoms. The minimum absolute atomic E-state index is 0.288. The van der Waals surface area contributed by atoms with E-state index in [2.05, 4.69) is 21.3 Å². The predicted molar refractivity (Wildman–Crippen MR) is 211 cm³/mol. The van der Waals surface area contributed by atoms with E-state index in [0.717, 1.165) is 0 Å². The van der Waals surface area contributed by atoms with Crippen LogP contribution >= 0.6 is 0 Å². The van der Waals surface area contributed by atoms with Gasteiger partial charge in [0.15, 0.2) is 0 Å². The van der Waals surface area contributed by atoms with Gasteiger partial charge in [0.25, 0.3) is 11.8 Å². The van der Waals surface area contributed by atoms with Gasteiger partial charge >= 0.3 is 0 Å². The third kappa shape index (κ3) is 30.7. The van der Waals surface area contributed by atoms with E-state index in [1.807, 2.05) is 125 Å². The Hall–Kier alpha value is -2.86. The summed E-state index contributed by atoms with van der Waals surface area (Å²) < 4.78 is 0. The lowest BCUT2D eigenvalue weighted by atomic mass is 9.88. The number of rotatable bonds is 4. The largest absolute Gasteiger partial charge is 0.383 e. The minimum atomic E-state index is -0.952. The molecule has 0 rings (SSSR count). The Kier molecular flexibility index (Phi) is 21.5. The van der Waals surface area contributed by atoms with Crippen molar-refractivity contribution in [3.8, 4) is 0 Å². The van der Waals surface area contributed by atoms with Gasteiger partial charge in [-0.3, -0.25) is 28.8 Å². The second-order valence-corrected chi connectivity index (χ2v) is 21.6. The van der Waals surface area contributed by atoms with Crippen molar-refractivity contribution in [1.82, 2.24) is 21.3 Å². The van der Waals surface area contributed by atoms with E-state index < -0.39 is 45.7 Å². The quantitative estimate of drug-likeness (QED) is 0.199. The fraction of sp³-hybridized carbons (Fsp3) is 0.850. The van der Waals surface area contributed by atoms with Crippen LogP contribution in [0.25, 0.3) is 0 Å². The zero-order chi connectivity index (χ0) is 43.4. The molecule has 0 aliphatic carbocycles. The summed E-state index contributed by atoms with van der Waals surface area (Å²) in [4.78, 5) is 68.4. The van der Waals surface area contributed by atoms with E-state index in [-0.39, 0.29) is 45.5 Å². The number of carbonyl (C=O) groups is 6. The fourth-order valence-corrected chi connectivity index (χ4v) is 3.14. The van der Waals surface area contributed by atoms with Crippen molar-refractivity contribution in [2.24, 2.45) is 21.7 Å². The lowest BCUT2D eigenvalue weighted by Gasteiger charge is -2.29. The third-order valence-electron chi connectivity index (χ3n) is 5.89. The summed E-state index contributed by atoms with van der Waals surface area (Å²) >= 11 is 0. The van der Waals surface area contributed by atoms with Crippen molar-refractivity contribution in [2.75, 3.05) is 0 Å². The molecule has 0 saturated carbocycles. The number of amides is 4. The molecule has 0 aromatic heterocycles. The van der Waals surface area contributed by atoms with Crippen LogP contribution in [0.3, 0.4) is 0 Å². The Bertz CT molecular complexity index is 1090. The van der Waals surface area contributed by atoms with Gasteiger partial charge in [-0.15, -0.1) is 0 Å². The number of Topliss-reactive ketones (excluding diaryl/α,β-unsaturated/α-hetero) is 2. The van der Waals surface area contributed by atoms with Crippen LogP contribution in [-0.2, 0) is 28.8 Å². The number of ketones is 2. The van der Waals surface area contributed by atoms with Crippen LogP contribution in [0.2, 0.25) is 0 Å². The van der Waals surface area contributed by atoms with Gasteiger partial charge in [-0.1, -0.05) is 83.1 Å². The van der Waals surface area contributed by atoms with Crippen LogP contribution in [-0.4, -0.2) is 79.8 Å². The molecule has 2 unspecified atom stereocenters. The molecule has 0 aromatic carbocycles. The molecule has 308 valence electrons. The number of carbonyl (C=O) groups excluding carboxylic acids is 6. The molecule has 0 bridgehead atoms. The highest BCUT2D eigenvalue weighted by atomic mass is 16.3. The molecule has 0 heterocycles. The maximum Gasteiger partial charge on any atom is 0.288 e. The monoisotopic (exact) mass is 745 g/mol. The molecule has 0 aliphatic rings. The summed E-state index contributed by atoms with van der Waals surface area (Å²) in [5, 5.41) is 30.0. The molecule has 0 aromatic rings. The van der Waals surface area contributed by atoms with E-state index in [0.29, 0.717) is 0 Å². The number of hydrogen-bond acceptors (Lipinski definition) is 8. The van der Waals surface area contributed by atoms with Crippen LogP contribution in [0, 0.1) is 21.7 Å². The molecule has 6 N–H and O–H groups in total. The van der Waals surface area contributed by atoms with Gasteiger partial charge in [0, 0.05) is 33.0 Å². The van der Waals surface area contributed by atoms with Crippen molar-refractivity contribution in [3.63, 3.8) is 0 Å². The zero-order valence-electron chi connectivity index (χ0n) is 37.5. The van der Waals surface area contributed by atoms with Gasteiger partial charge in [0.05, 0.1) is 0 Å². The highest BCUT2D eigenvalue weighted by Crippen LogP contribution is 2.21. The summed E-state index contributed by atoms with van der Waals surface area (Å²) in [5.41, 5.74) is -3.29. The topological polar surface area (TPSA) is 191 Å². The molecule has 4 amide bonds. The van der Waals surface area contributed by atoms with Crippen LogP contribution in [0.1, 0.15) is 166 Å². The number of aliphatic hydroxyl groups is 2. The smallest absolute Gasteiger partial charge is 0.288 e. The summed E-state index contributed by atoms with van der Waals surface area (Å²) in [5.74, 6) is -2.36. The second kappa shape index (κ2) is 20.0. The van der Waals surface area contributed by atoms with Gasteiger partial charge in [-0.25, -0.2) is 0 Å². The van der Waals surface area contributed by atoms with Crippen LogP contribution in [0.4, 0.5) is 0 Å². The first-order valence-electron chi connectivity index (χ1n) is 17.9. The highest BCUT2D eigenvalue weighted by molar-refractivity contribution is 6.38. The minimum Gasteiger partial charge on any atom is -0.383 e. The maximum atomic E-state index is 11.4. The summed E-state index contributed by atoms with van der Waals surface area (Å²) in [7, 11) is 0. The molecule has 2 atom stereocenters. The average molecular weight is 745 g/mol. The number of hydrogen-bond donors (Lipinski definition) is 6. The van der Waals surface area contributed by atoms with Crippen molar-refractivity contribution in [1.29, 1.82) is 0 Å². The zero-order valence-corrected chi connectivity index (χ0v) is 37.5. The summed E-state index contributed by atoms with van der Waals surface area (Å²) in [6, 6.07) is 0. The molecule has 12 heteroatoms. The van der Waals surface area contributed by atoms with Gasteiger partial charge in [0.1, 0.15) is 12.2 Å². The molecular formula is C40H80N4O8. The molecule has 0 aliphatic heterocycles. The fourth-order valence-electron chi connectivity index (χ4n) is 3.14. The third-order valence-corrected chi connectivity index (χ3v) is 5.89. The number of nitrogens with one attached hydrogen (secondary N) is 4. The first-order valence-corrected chi connectivity index (χ1v) is 17.9. The summed E-state index contributed by atoms with van der Waals surface area (Å²) in [6.07, 6.45) is -1.90. The van der Waals surface area contributed by atoms with E-state index in [4.69, 9.17) is 0 Å².